The van der Waals surface area contributed by atoms with E-state index in [1.165, 1.54) is 11.8 Å². The lowest BCUT2D eigenvalue weighted by atomic mass is 9.61. The summed E-state index contributed by atoms with van der Waals surface area (Å²) in [4.78, 5) is 18.1. The molecule has 0 spiro atoms. The van der Waals surface area contributed by atoms with Crippen molar-refractivity contribution in [2.75, 3.05) is 6.26 Å². The summed E-state index contributed by atoms with van der Waals surface area (Å²) in [6, 6.07) is 10.5. The Labute approximate surface area is 173 Å². The Hall–Kier alpha value is -1.64. The number of ketones is 1. The Kier molecular flexibility index (Phi) is 5.52. The van der Waals surface area contributed by atoms with Crippen molar-refractivity contribution in [1.82, 2.24) is 0 Å². The summed E-state index contributed by atoms with van der Waals surface area (Å²) in [6.07, 6.45) is 5.41. The van der Waals surface area contributed by atoms with E-state index in [2.05, 4.69) is 42.4 Å². The van der Waals surface area contributed by atoms with Crippen LogP contribution in [0.4, 0.5) is 0 Å². The number of Topliss-reactive ketones (excluding diaryl/α,β-unsaturated/α-hetero) is 1. The van der Waals surface area contributed by atoms with E-state index in [-0.39, 0.29) is 17.1 Å². The number of thioether (sulfide) groups is 1. The average Bonchev–Trinajstić information content (AvgIpc) is 2.61. The number of nitriles is 1. The molecule has 2 aliphatic rings. The van der Waals surface area contributed by atoms with Crippen LogP contribution < -0.4 is 0 Å². The van der Waals surface area contributed by atoms with E-state index < -0.39 is 5.41 Å². The summed E-state index contributed by atoms with van der Waals surface area (Å²) in [6.45, 7) is 8.09. The molecule has 1 aromatic rings. The van der Waals surface area contributed by atoms with E-state index in [1.807, 2.05) is 30.5 Å². The summed E-state index contributed by atoms with van der Waals surface area (Å²) in [5.74, 6) is -0.214. The smallest absolute Gasteiger partial charge is 0.161 e. The number of hydrogen-bond donors (Lipinski definition) is 0. The number of aliphatic imine (C=N–C) groups is 1. The van der Waals surface area contributed by atoms with Crippen molar-refractivity contribution < 1.29 is 4.79 Å². The number of allylic oxidation sites excluding steroid dienone is 3. The van der Waals surface area contributed by atoms with Crippen LogP contribution in [0.3, 0.4) is 0 Å². The number of benzene rings is 1. The lowest BCUT2D eigenvalue weighted by Gasteiger charge is -2.43. The standard InChI is InChI=1S/C22H23BrN2OS/c1-5-10-22(13-24)19(14-6-8-15(23)9-7-14)18-16(25-20(22)27-4)11-21(2,3)12-17(18)26/h5-9,19H,1,10-12H2,2-4H3/t19-,22+/m0/s1. The molecule has 1 heterocycles. The molecule has 1 aromatic carbocycles. The molecule has 0 radical (unpaired) electrons. The van der Waals surface area contributed by atoms with E-state index in [9.17, 15) is 10.1 Å². The second-order valence-electron chi connectivity index (χ2n) is 7.98. The third-order valence-corrected chi connectivity index (χ3v) is 6.73. The maximum absolute atomic E-state index is 13.2. The minimum atomic E-state index is -0.898. The van der Waals surface area contributed by atoms with Crippen LogP contribution in [0, 0.1) is 22.2 Å². The van der Waals surface area contributed by atoms with Gasteiger partial charge < -0.3 is 0 Å². The van der Waals surface area contributed by atoms with Crippen molar-refractivity contribution in [2.45, 2.75) is 39.0 Å². The van der Waals surface area contributed by atoms with Gasteiger partial charge in [-0.2, -0.15) is 5.26 Å². The van der Waals surface area contributed by atoms with E-state index >= 15 is 0 Å². The first kappa shape index (κ1) is 20.1. The van der Waals surface area contributed by atoms with Crippen molar-refractivity contribution in [3.8, 4) is 6.07 Å². The predicted molar refractivity (Wildman–Crippen MR) is 116 cm³/mol. The van der Waals surface area contributed by atoms with Crippen LogP contribution in [-0.2, 0) is 4.79 Å². The van der Waals surface area contributed by atoms with Crippen LogP contribution in [0.5, 0.6) is 0 Å². The molecule has 1 aliphatic heterocycles. The van der Waals surface area contributed by atoms with Gasteiger partial charge in [0.15, 0.2) is 5.78 Å². The van der Waals surface area contributed by atoms with Crippen LogP contribution >= 0.6 is 27.7 Å². The monoisotopic (exact) mass is 442 g/mol. The maximum atomic E-state index is 13.2. The largest absolute Gasteiger partial charge is 0.294 e. The third-order valence-electron chi connectivity index (χ3n) is 5.36. The second-order valence-corrected chi connectivity index (χ2v) is 9.69. The highest BCUT2D eigenvalue weighted by molar-refractivity contribution is 9.10. The summed E-state index contributed by atoms with van der Waals surface area (Å²) < 4.78 is 0.970. The molecule has 5 heteroatoms. The molecule has 1 aliphatic carbocycles. The van der Waals surface area contributed by atoms with Crippen molar-refractivity contribution in [2.24, 2.45) is 15.8 Å². The van der Waals surface area contributed by atoms with Gasteiger partial charge in [-0.3, -0.25) is 4.79 Å². The summed E-state index contributed by atoms with van der Waals surface area (Å²) >= 11 is 4.98. The molecule has 3 rings (SSSR count). The first-order valence-electron chi connectivity index (χ1n) is 8.95. The third kappa shape index (κ3) is 3.46. The number of rotatable bonds is 3. The molecule has 0 bridgehead atoms. The first-order valence-corrected chi connectivity index (χ1v) is 11.0. The number of carbonyl (C=O) groups is 1. The Morgan fingerprint density at radius 1 is 1.37 bits per heavy atom. The number of halogens is 1. The van der Waals surface area contributed by atoms with Crippen LogP contribution in [0.25, 0.3) is 0 Å². The highest BCUT2D eigenvalue weighted by atomic mass is 79.9. The Bertz CT molecular complexity index is 892. The van der Waals surface area contributed by atoms with Gasteiger partial charge in [0.2, 0.25) is 0 Å². The zero-order valence-electron chi connectivity index (χ0n) is 15.9. The SMILES string of the molecule is C=CC[C@]1(C#N)C(SC)=NC2=C(C(=O)CC(C)(C)C2)[C@@H]1c1ccc(Br)cc1. The van der Waals surface area contributed by atoms with E-state index in [4.69, 9.17) is 4.99 Å². The van der Waals surface area contributed by atoms with Crippen molar-refractivity contribution in [3.63, 3.8) is 0 Å². The quantitative estimate of drug-likeness (QED) is 0.536. The predicted octanol–water partition coefficient (Wildman–Crippen LogP) is 6.04. The van der Waals surface area contributed by atoms with Gasteiger partial charge in [-0.15, -0.1) is 18.3 Å². The summed E-state index contributed by atoms with van der Waals surface area (Å²) in [5, 5.41) is 11.1. The second kappa shape index (κ2) is 7.41. The molecule has 0 fully saturated rings. The van der Waals surface area contributed by atoms with E-state index in [1.54, 1.807) is 6.08 Å². The minimum Gasteiger partial charge on any atom is -0.294 e. The molecule has 2 atom stereocenters. The van der Waals surface area contributed by atoms with Crippen molar-refractivity contribution >= 4 is 38.5 Å². The molecular formula is C22H23BrN2OS. The molecule has 3 nitrogen and oxygen atoms in total. The summed E-state index contributed by atoms with van der Waals surface area (Å²) in [5.41, 5.74) is 1.54. The fourth-order valence-electron chi connectivity index (χ4n) is 4.25. The Morgan fingerprint density at radius 2 is 2.04 bits per heavy atom. The minimum absolute atomic E-state index is 0.113. The van der Waals surface area contributed by atoms with Gasteiger partial charge in [0.25, 0.3) is 0 Å². The summed E-state index contributed by atoms with van der Waals surface area (Å²) in [7, 11) is 0. The van der Waals surface area contributed by atoms with Gasteiger partial charge in [0, 0.05) is 28.1 Å². The lowest BCUT2D eigenvalue weighted by Crippen LogP contribution is -2.42. The van der Waals surface area contributed by atoms with E-state index in [0.717, 1.165) is 32.8 Å². The molecule has 0 amide bonds. The molecule has 0 N–H and O–H groups in total. The molecule has 0 unspecified atom stereocenters. The Balaban J connectivity index is 2.31. The maximum Gasteiger partial charge on any atom is 0.161 e. The molecular weight excluding hydrogens is 420 g/mol. The van der Waals surface area contributed by atoms with Crippen LogP contribution in [0.2, 0.25) is 0 Å². The van der Waals surface area contributed by atoms with Crippen LogP contribution in [0.1, 0.15) is 44.6 Å². The van der Waals surface area contributed by atoms with Gasteiger partial charge in [0.05, 0.1) is 11.1 Å². The van der Waals surface area contributed by atoms with Gasteiger partial charge in [-0.25, -0.2) is 4.99 Å². The first-order chi connectivity index (χ1) is 12.8. The van der Waals surface area contributed by atoms with Gasteiger partial charge in [0.1, 0.15) is 5.41 Å². The fraction of sp³-hybridized carbons (Fsp3) is 0.409. The van der Waals surface area contributed by atoms with Gasteiger partial charge in [-0.1, -0.05) is 48.0 Å². The fourth-order valence-corrected chi connectivity index (χ4v) is 5.32. The highest BCUT2D eigenvalue weighted by Gasteiger charge is 2.52. The topological polar surface area (TPSA) is 53.2 Å². The van der Waals surface area contributed by atoms with Gasteiger partial charge in [-0.05, 0) is 42.2 Å². The number of hydrogen-bond acceptors (Lipinski definition) is 4. The number of nitrogens with zero attached hydrogens (tertiary/aromatic N) is 2. The molecule has 27 heavy (non-hydrogen) atoms. The zero-order chi connectivity index (χ0) is 19.8. The van der Waals surface area contributed by atoms with Gasteiger partial charge >= 0.3 is 0 Å². The highest BCUT2D eigenvalue weighted by Crippen LogP contribution is 2.55. The molecule has 0 saturated carbocycles. The van der Waals surface area contributed by atoms with Crippen molar-refractivity contribution in [3.05, 3.63) is 58.2 Å². The molecule has 140 valence electrons. The lowest BCUT2D eigenvalue weighted by molar-refractivity contribution is -0.118. The normalized spacial score (nSPS) is 26.9. The molecule has 0 aromatic heterocycles. The van der Waals surface area contributed by atoms with Crippen LogP contribution in [0.15, 0.2) is 57.7 Å². The zero-order valence-corrected chi connectivity index (χ0v) is 18.3. The number of carbonyl (C=O) groups excluding carboxylic acids is 1. The molecule has 0 saturated heterocycles. The van der Waals surface area contributed by atoms with E-state index in [0.29, 0.717) is 12.8 Å². The van der Waals surface area contributed by atoms with Crippen molar-refractivity contribution in [1.29, 1.82) is 5.26 Å². The van der Waals surface area contributed by atoms with Crippen LogP contribution in [-0.4, -0.2) is 17.1 Å². The average molecular weight is 443 g/mol. The Morgan fingerprint density at radius 3 is 2.59 bits per heavy atom.